The van der Waals surface area contributed by atoms with Crippen LogP contribution >= 0.6 is 0 Å². The van der Waals surface area contributed by atoms with Crippen LogP contribution in [-0.4, -0.2) is 34.0 Å². The minimum Gasteiger partial charge on any atom is -0.485 e. The van der Waals surface area contributed by atoms with Crippen molar-refractivity contribution in [3.8, 4) is 11.5 Å². The molecule has 1 N–H and O–H groups in total. The Hall–Kier alpha value is -2.74. The second-order valence-corrected chi connectivity index (χ2v) is 7.43. The number of hydrogen-bond donors (Lipinski definition) is 1. The number of halogens is 3. The maximum atomic E-state index is 12.9. The molecule has 2 atom stereocenters. The number of aliphatic hydroxyl groups excluding tert-OH is 1. The molecule has 0 spiro atoms. The first-order valence-electron chi connectivity index (χ1n) is 8.72. The minimum absolute atomic E-state index is 0.247. The number of fused-ring (bicyclic) bond motifs is 2. The van der Waals surface area contributed by atoms with Gasteiger partial charge in [0.15, 0.2) is 0 Å². The van der Waals surface area contributed by atoms with Crippen LogP contribution < -0.4 is 9.47 Å². The third-order valence-electron chi connectivity index (χ3n) is 5.10. The normalized spacial score (nSPS) is 23.1. The average molecular weight is 393 g/mol. The van der Waals surface area contributed by atoms with Gasteiger partial charge in [0.2, 0.25) is 0 Å². The first-order valence-corrected chi connectivity index (χ1v) is 8.72. The molecule has 1 amide bonds. The van der Waals surface area contributed by atoms with E-state index in [1.54, 1.807) is 26.0 Å². The zero-order valence-electron chi connectivity index (χ0n) is 15.2. The lowest BCUT2D eigenvalue weighted by atomic mass is 9.85. The third-order valence-corrected chi connectivity index (χ3v) is 5.10. The van der Waals surface area contributed by atoms with Crippen molar-refractivity contribution in [3.05, 3.63) is 59.2 Å². The Kier molecular flexibility index (Phi) is 4.08. The molecule has 8 heteroatoms. The topological polar surface area (TPSA) is 59.0 Å². The molecule has 0 radical (unpaired) electrons. The molecule has 2 aromatic carbocycles. The number of ether oxygens (including phenoxy) is 2. The molecule has 0 saturated heterocycles. The van der Waals surface area contributed by atoms with Gasteiger partial charge in [0.25, 0.3) is 5.91 Å². The Balaban J connectivity index is 1.79. The number of carbonyl (C=O) groups is 1. The van der Waals surface area contributed by atoms with Crippen LogP contribution in [0.2, 0.25) is 0 Å². The summed E-state index contributed by atoms with van der Waals surface area (Å²) in [5.41, 5.74) is 0.547. The highest BCUT2D eigenvalue weighted by molar-refractivity contribution is 5.98. The highest BCUT2D eigenvalue weighted by Gasteiger charge is 2.48. The molecule has 2 aromatic rings. The number of carbonyl (C=O) groups excluding carboxylic acids is 1. The highest BCUT2D eigenvalue weighted by atomic mass is 19.4. The summed E-state index contributed by atoms with van der Waals surface area (Å²) in [5, 5.41) is 10.9. The summed E-state index contributed by atoms with van der Waals surface area (Å²) < 4.78 is 47.7. The number of rotatable bonds is 2. The van der Waals surface area contributed by atoms with Gasteiger partial charge in [0.05, 0.1) is 6.04 Å². The molecule has 5 nitrogen and oxygen atoms in total. The lowest BCUT2D eigenvalue weighted by Gasteiger charge is -2.45. The molecule has 4 rings (SSSR count). The molecule has 28 heavy (non-hydrogen) atoms. The van der Waals surface area contributed by atoms with E-state index in [2.05, 4.69) is 4.74 Å². The summed E-state index contributed by atoms with van der Waals surface area (Å²) in [7, 11) is 0. The fraction of sp³-hybridized carbons (Fsp3) is 0.350. The van der Waals surface area contributed by atoms with E-state index in [9.17, 15) is 23.1 Å². The first kappa shape index (κ1) is 18.6. The molecule has 0 bridgehead atoms. The van der Waals surface area contributed by atoms with Crippen molar-refractivity contribution in [1.82, 2.24) is 4.90 Å². The second kappa shape index (κ2) is 6.13. The van der Waals surface area contributed by atoms with Gasteiger partial charge in [-0.2, -0.15) is 0 Å². The van der Waals surface area contributed by atoms with Crippen molar-refractivity contribution >= 4 is 5.91 Å². The molecule has 0 fully saturated rings. The largest absolute Gasteiger partial charge is 0.573 e. The van der Waals surface area contributed by atoms with Gasteiger partial charge in [-0.05, 0) is 43.7 Å². The summed E-state index contributed by atoms with van der Waals surface area (Å²) in [6, 6.07) is 9.87. The van der Waals surface area contributed by atoms with Crippen LogP contribution in [0.1, 0.15) is 41.4 Å². The van der Waals surface area contributed by atoms with Gasteiger partial charge in [-0.3, -0.25) is 4.79 Å². The van der Waals surface area contributed by atoms with Crippen LogP contribution in [0.3, 0.4) is 0 Å². The summed E-state index contributed by atoms with van der Waals surface area (Å²) in [6.07, 6.45) is -6.00. The van der Waals surface area contributed by atoms with Crippen molar-refractivity contribution in [2.45, 2.75) is 44.5 Å². The van der Waals surface area contributed by atoms with Gasteiger partial charge >= 0.3 is 6.36 Å². The smallest absolute Gasteiger partial charge is 0.485 e. The molecule has 2 aliphatic rings. The molecular weight excluding hydrogens is 375 g/mol. The van der Waals surface area contributed by atoms with Gasteiger partial charge in [0, 0.05) is 17.7 Å². The van der Waals surface area contributed by atoms with Crippen molar-refractivity contribution < 1.29 is 32.5 Å². The van der Waals surface area contributed by atoms with Gasteiger partial charge in [-0.15, -0.1) is 13.2 Å². The molecule has 2 aliphatic heterocycles. The van der Waals surface area contributed by atoms with E-state index >= 15 is 0 Å². The molecule has 0 saturated carbocycles. The number of benzene rings is 2. The van der Waals surface area contributed by atoms with Gasteiger partial charge in [0.1, 0.15) is 23.2 Å². The number of alkyl halides is 3. The maximum Gasteiger partial charge on any atom is 0.573 e. The van der Waals surface area contributed by atoms with Crippen LogP contribution in [0.5, 0.6) is 11.5 Å². The Bertz CT molecular complexity index is 941. The standard InChI is InChI=1S/C20H18F3NO4/c1-19(2)17(25)16(24-10-11-5-3-4-6-13(11)18(24)26)14-9-12(27-20(21,22)23)7-8-15(14)28-19/h3-9,16-17,25H,10H2,1-2H3/t16-,17+/m0/s1. The zero-order chi connectivity index (χ0) is 20.3. The van der Waals surface area contributed by atoms with Crippen LogP contribution in [0.25, 0.3) is 0 Å². The molecular formula is C20H18F3NO4. The summed E-state index contributed by atoms with van der Waals surface area (Å²) in [5.74, 6) is -0.417. The Labute approximate surface area is 159 Å². The minimum atomic E-state index is -4.85. The van der Waals surface area contributed by atoms with E-state index in [0.29, 0.717) is 11.3 Å². The maximum absolute atomic E-state index is 12.9. The van der Waals surface area contributed by atoms with Crippen LogP contribution in [0, 0.1) is 0 Å². The zero-order valence-corrected chi connectivity index (χ0v) is 15.2. The lowest BCUT2D eigenvalue weighted by molar-refractivity contribution is -0.274. The molecule has 0 unspecified atom stereocenters. The van der Waals surface area contributed by atoms with Gasteiger partial charge < -0.3 is 19.5 Å². The fourth-order valence-electron chi connectivity index (χ4n) is 3.78. The number of nitrogens with zero attached hydrogens (tertiary/aromatic N) is 1. The molecule has 148 valence electrons. The SMILES string of the molecule is CC1(C)Oc2ccc(OC(F)(F)F)cc2[C@H](N2Cc3ccccc3C2=O)[C@H]1O. The Morgan fingerprint density at radius 2 is 1.93 bits per heavy atom. The highest BCUT2D eigenvalue weighted by Crippen LogP contribution is 2.46. The van der Waals surface area contributed by atoms with Gasteiger partial charge in [-0.1, -0.05) is 18.2 Å². The third kappa shape index (κ3) is 3.07. The quantitative estimate of drug-likeness (QED) is 0.843. The number of aliphatic hydroxyl groups is 1. The Morgan fingerprint density at radius 3 is 2.61 bits per heavy atom. The first-order chi connectivity index (χ1) is 13.1. The van der Waals surface area contributed by atoms with Crippen LogP contribution in [0.15, 0.2) is 42.5 Å². The monoisotopic (exact) mass is 393 g/mol. The van der Waals surface area contributed by atoms with E-state index in [1.165, 1.54) is 17.0 Å². The van der Waals surface area contributed by atoms with Crippen LogP contribution in [0.4, 0.5) is 13.2 Å². The van der Waals surface area contributed by atoms with E-state index in [0.717, 1.165) is 11.6 Å². The van der Waals surface area contributed by atoms with Crippen LogP contribution in [-0.2, 0) is 6.54 Å². The fourth-order valence-corrected chi connectivity index (χ4v) is 3.78. The predicted octanol–water partition coefficient (Wildman–Crippen LogP) is 3.81. The van der Waals surface area contributed by atoms with E-state index < -0.39 is 29.9 Å². The van der Waals surface area contributed by atoms with E-state index in [1.807, 2.05) is 12.1 Å². The van der Waals surface area contributed by atoms with Crippen molar-refractivity contribution in [2.24, 2.45) is 0 Å². The second-order valence-electron chi connectivity index (χ2n) is 7.43. The predicted molar refractivity (Wildman–Crippen MR) is 92.9 cm³/mol. The van der Waals surface area contributed by atoms with Crippen molar-refractivity contribution in [1.29, 1.82) is 0 Å². The van der Waals surface area contributed by atoms with Gasteiger partial charge in [-0.25, -0.2) is 0 Å². The summed E-state index contributed by atoms with van der Waals surface area (Å²) >= 11 is 0. The molecule has 0 aliphatic carbocycles. The van der Waals surface area contributed by atoms with E-state index in [-0.39, 0.29) is 18.0 Å². The average Bonchev–Trinajstić information content (AvgIpc) is 2.92. The van der Waals surface area contributed by atoms with Crippen molar-refractivity contribution in [2.75, 3.05) is 0 Å². The summed E-state index contributed by atoms with van der Waals surface area (Å²) in [4.78, 5) is 14.4. The number of hydrogen-bond acceptors (Lipinski definition) is 4. The van der Waals surface area contributed by atoms with Crippen molar-refractivity contribution in [3.63, 3.8) is 0 Å². The Morgan fingerprint density at radius 1 is 1.21 bits per heavy atom. The summed E-state index contributed by atoms with van der Waals surface area (Å²) in [6.45, 7) is 3.58. The molecule has 2 heterocycles. The molecule has 0 aromatic heterocycles. The van der Waals surface area contributed by atoms with E-state index in [4.69, 9.17) is 4.74 Å². The number of amides is 1. The lowest BCUT2D eigenvalue weighted by Crippen LogP contribution is -2.53.